The summed E-state index contributed by atoms with van der Waals surface area (Å²) in [5.74, 6) is 0.0619. The van der Waals surface area contributed by atoms with Crippen LogP contribution in [0.4, 0.5) is 18.0 Å². The molecule has 0 spiro atoms. The second-order valence-corrected chi connectivity index (χ2v) is 12.0. The summed E-state index contributed by atoms with van der Waals surface area (Å²) in [6, 6.07) is 10.7. The van der Waals surface area contributed by atoms with E-state index >= 15 is 0 Å². The topological polar surface area (TPSA) is 110 Å². The van der Waals surface area contributed by atoms with Crippen LogP contribution in [0.15, 0.2) is 46.9 Å². The third kappa shape index (κ3) is 8.71. The molecule has 0 bridgehead atoms. The molecule has 0 saturated heterocycles. The van der Waals surface area contributed by atoms with Crippen molar-refractivity contribution in [1.82, 2.24) is 15.5 Å². The lowest BCUT2D eigenvalue weighted by molar-refractivity contribution is -0.136. The number of nitrogens with two attached hydrogens (primary N) is 1. The Bertz CT molecular complexity index is 1370. The minimum atomic E-state index is -4.63. The minimum absolute atomic E-state index is 0.183. The van der Waals surface area contributed by atoms with Crippen LogP contribution in [0, 0.1) is 0 Å². The Morgan fingerprint density at radius 2 is 1.63 bits per heavy atom. The lowest BCUT2D eigenvalue weighted by Gasteiger charge is -2.36. The van der Waals surface area contributed by atoms with Gasteiger partial charge in [0.05, 0.1) is 18.3 Å². The molecule has 3 aromatic rings. The standard InChI is InChI=1S/C30H39F3N4O4/c1-18(34)36-17-23-15-22-14-21(16-24(25(22)40-23)30(31,32)33)19-8-10-20(11-9-19)26(38)37(28(2,3)4)13-12-35-27(39)41-29(5,6)7/h8-11,14-16,18,36H,12-13,17,34H2,1-7H3,(H,35,39). The van der Waals surface area contributed by atoms with Gasteiger partial charge in [-0.3, -0.25) is 10.1 Å². The van der Waals surface area contributed by atoms with Crippen molar-refractivity contribution in [3.63, 3.8) is 0 Å². The first-order valence-electron chi connectivity index (χ1n) is 13.4. The highest BCUT2D eigenvalue weighted by atomic mass is 19.4. The van der Waals surface area contributed by atoms with Gasteiger partial charge >= 0.3 is 12.3 Å². The van der Waals surface area contributed by atoms with Crippen molar-refractivity contribution >= 4 is 23.0 Å². The molecule has 0 aliphatic rings. The molecule has 1 unspecified atom stereocenters. The summed E-state index contributed by atoms with van der Waals surface area (Å²) in [5, 5.41) is 5.90. The maximum absolute atomic E-state index is 14.0. The number of carbonyl (C=O) groups is 2. The average Bonchev–Trinajstić information content (AvgIpc) is 3.25. The number of ether oxygens (including phenoxy) is 1. The molecule has 2 aromatic carbocycles. The van der Waals surface area contributed by atoms with Gasteiger partial charge < -0.3 is 25.1 Å². The largest absolute Gasteiger partial charge is 0.459 e. The van der Waals surface area contributed by atoms with Gasteiger partial charge in [0.1, 0.15) is 16.9 Å². The van der Waals surface area contributed by atoms with E-state index in [1.165, 1.54) is 0 Å². The Hall–Kier alpha value is -3.57. The summed E-state index contributed by atoms with van der Waals surface area (Å²) in [7, 11) is 0. The molecule has 0 aliphatic carbocycles. The first-order valence-corrected chi connectivity index (χ1v) is 13.4. The van der Waals surface area contributed by atoms with Crippen LogP contribution in [0.5, 0.6) is 0 Å². The number of nitrogens with one attached hydrogen (secondary N) is 2. The van der Waals surface area contributed by atoms with Crippen LogP contribution >= 0.6 is 0 Å². The van der Waals surface area contributed by atoms with E-state index in [-0.39, 0.29) is 37.3 Å². The van der Waals surface area contributed by atoms with E-state index in [9.17, 15) is 22.8 Å². The summed E-state index contributed by atoms with van der Waals surface area (Å²) in [4.78, 5) is 27.1. The fraction of sp³-hybridized carbons (Fsp3) is 0.467. The monoisotopic (exact) mass is 576 g/mol. The van der Waals surface area contributed by atoms with Crippen molar-refractivity contribution in [3.05, 3.63) is 59.4 Å². The van der Waals surface area contributed by atoms with Gasteiger partial charge in [0.2, 0.25) is 0 Å². The first-order chi connectivity index (χ1) is 18.8. The van der Waals surface area contributed by atoms with Crippen molar-refractivity contribution in [1.29, 1.82) is 0 Å². The highest BCUT2D eigenvalue weighted by Gasteiger charge is 2.35. The van der Waals surface area contributed by atoms with Crippen LogP contribution in [0.25, 0.3) is 22.1 Å². The predicted molar refractivity (Wildman–Crippen MR) is 152 cm³/mol. The van der Waals surface area contributed by atoms with Crippen LogP contribution < -0.4 is 16.4 Å². The average molecular weight is 577 g/mol. The van der Waals surface area contributed by atoms with E-state index in [1.54, 1.807) is 69.0 Å². The van der Waals surface area contributed by atoms with Crippen molar-refractivity contribution in [2.75, 3.05) is 13.1 Å². The second kappa shape index (κ2) is 12.1. The molecule has 41 heavy (non-hydrogen) atoms. The number of alkyl carbamates (subject to hydrolysis) is 1. The number of benzene rings is 2. The Kier molecular flexibility index (Phi) is 9.44. The van der Waals surface area contributed by atoms with Crippen molar-refractivity contribution in [2.45, 2.75) is 78.5 Å². The van der Waals surface area contributed by atoms with E-state index in [2.05, 4.69) is 10.6 Å². The van der Waals surface area contributed by atoms with Crippen molar-refractivity contribution in [2.24, 2.45) is 5.73 Å². The third-order valence-electron chi connectivity index (χ3n) is 6.09. The Labute approximate surface area is 238 Å². The fourth-order valence-corrected chi connectivity index (χ4v) is 4.22. The maximum atomic E-state index is 14.0. The molecule has 2 amide bonds. The molecule has 8 nitrogen and oxygen atoms in total. The molecule has 224 valence electrons. The molecule has 11 heteroatoms. The zero-order valence-corrected chi connectivity index (χ0v) is 24.5. The first kappa shape index (κ1) is 32.0. The SMILES string of the molecule is CC(N)NCc1cc2cc(-c3ccc(C(=O)N(CCNC(=O)OC(C)(C)C)C(C)(C)C)cc3)cc(C(F)(F)F)c2o1. The Morgan fingerprint density at radius 3 is 2.17 bits per heavy atom. The molecule has 3 rings (SSSR count). The Morgan fingerprint density at radius 1 is 1.00 bits per heavy atom. The number of carbonyl (C=O) groups excluding carboxylic acids is 2. The minimum Gasteiger partial charge on any atom is -0.459 e. The quantitative estimate of drug-likeness (QED) is 0.273. The molecule has 0 aliphatic heterocycles. The summed E-state index contributed by atoms with van der Waals surface area (Å²) in [5.41, 5.74) is 4.58. The summed E-state index contributed by atoms with van der Waals surface area (Å²) in [6.45, 7) is 13.2. The molecule has 1 atom stereocenters. The summed E-state index contributed by atoms with van der Waals surface area (Å²) >= 11 is 0. The van der Waals surface area contributed by atoms with Gasteiger partial charge in [-0.25, -0.2) is 4.79 Å². The van der Waals surface area contributed by atoms with E-state index in [4.69, 9.17) is 14.9 Å². The summed E-state index contributed by atoms with van der Waals surface area (Å²) < 4.78 is 52.7. The maximum Gasteiger partial charge on any atom is 0.420 e. The van der Waals surface area contributed by atoms with Gasteiger partial charge in [0.15, 0.2) is 0 Å². The van der Waals surface area contributed by atoms with Gasteiger partial charge in [0, 0.05) is 29.6 Å². The lowest BCUT2D eigenvalue weighted by Crippen LogP contribution is -2.49. The molecule has 4 N–H and O–H groups in total. The zero-order valence-electron chi connectivity index (χ0n) is 24.5. The smallest absolute Gasteiger partial charge is 0.420 e. The van der Waals surface area contributed by atoms with Gasteiger partial charge in [0.25, 0.3) is 5.91 Å². The number of hydrogen-bond acceptors (Lipinski definition) is 6. The Balaban J connectivity index is 1.84. The molecule has 1 heterocycles. The molecule has 0 saturated carbocycles. The van der Waals surface area contributed by atoms with Crippen LogP contribution in [0.1, 0.15) is 70.1 Å². The normalized spacial score (nSPS) is 13.2. The van der Waals surface area contributed by atoms with Gasteiger partial charge in [-0.1, -0.05) is 12.1 Å². The number of furan rings is 1. The van der Waals surface area contributed by atoms with Crippen LogP contribution in [0.2, 0.25) is 0 Å². The van der Waals surface area contributed by atoms with E-state index in [0.29, 0.717) is 27.8 Å². The number of hydrogen-bond donors (Lipinski definition) is 3. The molecular weight excluding hydrogens is 537 g/mol. The lowest BCUT2D eigenvalue weighted by atomic mass is 9.98. The fourth-order valence-electron chi connectivity index (χ4n) is 4.22. The predicted octanol–water partition coefficient (Wildman–Crippen LogP) is 6.28. The van der Waals surface area contributed by atoms with Gasteiger partial charge in [-0.15, -0.1) is 0 Å². The highest BCUT2D eigenvalue weighted by molar-refractivity contribution is 5.95. The van der Waals surface area contributed by atoms with Gasteiger partial charge in [-0.05, 0) is 89.9 Å². The van der Waals surface area contributed by atoms with E-state index in [0.717, 1.165) is 6.07 Å². The van der Waals surface area contributed by atoms with Crippen LogP contribution in [0.3, 0.4) is 0 Å². The van der Waals surface area contributed by atoms with Crippen molar-refractivity contribution in [3.8, 4) is 11.1 Å². The number of fused-ring (bicyclic) bond motifs is 1. The molecule has 0 radical (unpaired) electrons. The number of alkyl halides is 3. The number of rotatable bonds is 8. The highest BCUT2D eigenvalue weighted by Crippen LogP contribution is 2.39. The number of amides is 2. The second-order valence-electron chi connectivity index (χ2n) is 12.0. The van der Waals surface area contributed by atoms with E-state index < -0.39 is 29.0 Å². The summed E-state index contributed by atoms with van der Waals surface area (Å²) in [6.07, 6.45) is -5.56. The van der Waals surface area contributed by atoms with Crippen LogP contribution in [-0.4, -0.2) is 47.3 Å². The zero-order chi connectivity index (χ0) is 30.8. The van der Waals surface area contributed by atoms with Crippen molar-refractivity contribution < 1.29 is 31.9 Å². The molecular formula is C30H39F3N4O4. The van der Waals surface area contributed by atoms with E-state index in [1.807, 2.05) is 20.8 Å². The third-order valence-corrected chi connectivity index (χ3v) is 6.09. The number of nitrogens with zero attached hydrogens (tertiary/aromatic N) is 1. The van der Waals surface area contributed by atoms with Gasteiger partial charge in [-0.2, -0.15) is 13.2 Å². The molecule has 1 aromatic heterocycles. The van der Waals surface area contributed by atoms with Crippen LogP contribution in [-0.2, 0) is 17.5 Å². The molecule has 0 fully saturated rings. The number of halogens is 3.